The Bertz CT molecular complexity index is 837. The molecule has 1 aromatic heterocycles. The van der Waals surface area contributed by atoms with Gasteiger partial charge in [-0.2, -0.15) is 0 Å². The number of nitrogens with zero attached hydrogens (tertiary/aromatic N) is 3. The number of piperazine rings is 1. The zero-order valence-electron chi connectivity index (χ0n) is 16.4. The molecule has 2 amide bonds. The molecule has 1 fully saturated rings. The van der Waals surface area contributed by atoms with Gasteiger partial charge in [0.15, 0.2) is 0 Å². The van der Waals surface area contributed by atoms with Gasteiger partial charge in [-0.1, -0.05) is 29.8 Å². The van der Waals surface area contributed by atoms with Crippen molar-refractivity contribution in [3.63, 3.8) is 0 Å². The number of rotatable bonds is 8. The first-order chi connectivity index (χ1) is 14.1. The van der Waals surface area contributed by atoms with Crippen LogP contribution in [0.25, 0.3) is 10.6 Å². The van der Waals surface area contributed by atoms with Crippen LogP contribution in [0.4, 0.5) is 0 Å². The fraction of sp³-hybridized carbons (Fsp3) is 0.450. The molecule has 156 valence electrons. The van der Waals surface area contributed by atoms with Gasteiger partial charge in [0.1, 0.15) is 5.01 Å². The quantitative estimate of drug-likeness (QED) is 0.640. The van der Waals surface area contributed by atoms with Crippen molar-refractivity contribution in [3.05, 3.63) is 40.4 Å². The van der Waals surface area contributed by atoms with Crippen LogP contribution in [0.15, 0.2) is 29.6 Å². The van der Waals surface area contributed by atoms with E-state index in [1.807, 2.05) is 34.5 Å². The van der Waals surface area contributed by atoms with Crippen molar-refractivity contribution in [3.8, 4) is 10.6 Å². The Balaban J connectivity index is 1.46. The molecule has 3 rings (SSSR count). The van der Waals surface area contributed by atoms with Gasteiger partial charge in [0, 0.05) is 50.8 Å². The number of carbonyl (C=O) groups is 2. The van der Waals surface area contributed by atoms with Crippen molar-refractivity contribution in [2.24, 2.45) is 0 Å². The maximum atomic E-state index is 12.6. The molecule has 1 aromatic carbocycles. The van der Waals surface area contributed by atoms with Gasteiger partial charge in [0.2, 0.25) is 11.8 Å². The summed E-state index contributed by atoms with van der Waals surface area (Å²) < 4.78 is 4.92. The summed E-state index contributed by atoms with van der Waals surface area (Å²) in [5, 5.41) is 6.21. The second kappa shape index (κ2) is 10.7. The van der Waals surface area contributed by atoms with Gasteiger partial charge in [-0.25, -0.2) is 4.98 Å². The Labute approximate surface area is 179 Å². The Hall–Kier alpha value is -2.00. The van der Waals surface area contributed by atoms with Crippen molar-refractivity contribution >= 4 is 34.8 Å². The van der Waals surface area contributed by atoms with Gasteiger partial charge >= 0.3 is 0 Å². The molecule has 1 aliphatic heterocycles. The molecule has 0 spiro atoms. The molecule has 0 atom stereocenters. The number of benzene rings is 1. The van der Waals surface area contributed by atoms with Gasteiger partial charge in [-0.05, 0) is 6.07 Å². The Morgan fingerprint density at radius 1 is 1.24 bits per heavy atom. The molecule has 2 heterocycles. The number of nitrogens with one attached hydrogen (secondary N) is 1. The summed E-state index contributed by atoms with van der Waals surface area (Å²) in [6.45, 7) is 3.97. The van der Waals surface area contributed by atoms with Crippen LogP contribution in [0.3, 0.4) is 0 Å². The smallest absolute Gasteiger partial charge is 0.234 e. The summed E-state index contributed by atoms with van der Waals surface area (Å²) in [7, 11) is 1.60. The highest BCUT2D eigenvalue weighted by Gasteiger charge is 2.23. The molecule has 9 heteroatoms. The van der Waals surface area contributed by atoms with Crippen LogP contribution in [0, 0.1) is 0 Å². The van der Waals surface area contributed by atoms with Crippen molar-refractivity contribution < 1.29 is 14.3 Å². The summed E-state index contributed by atoms with van der Waals surface area (Å²) in [5.74, 6) is 0.0432. The standard InChI is InChI=1S/C20H25ClN4O3S/c1-28-11-6-22-18(26)13-24-7-9-25(10-8-24)19(27)12-15-14-29-20(23-15)16-4-2-3-5-17(16)21/h2-5,14H,6-13H2,1H3,(H,22,26). The lowest BCUT2D eigenvalue weighted by Crippen LogP contribution is -2.51. The SMILES string of the molecule is COCCNC(=O)CN1CCN(C(=O)Cc2csc(-c3ccccc3Cl)n2)CC1. The van der Waals surface area contributed by atoms with Crippen molar-refractivity contribution in [1.29, 1.82) is 0 Å². The highest BCUT2D eigenvalue weighted by molar-refractivity contribution is 7.13. The molecule has 0 bridgehead atoms. The number of ether oxygens (including phenoxy) is 1. The van der Waals surface area contributed by atoms with Crippen LogP contribution in [0.2, 0.25) is 5.02 Å². The number of amides is 2. The van der Waals surface area contributed by atoms with E-state index in [4.69, 9.17) is 16.3 Å². The lowest BCUT2D eigenvalue weighted by molar-refractivity contribution is -0.132. The van der Waals surface area contributed by atoms with E-state index in [-0.39, 0.29) is 18.2 Å². The molecular weight excluding hydrogens is 412 g/mol. The Morgan fingerprint density at radius 2 is 2.00 bits per heavy atom. The van der Waals surface area contributed by atoms with E-state index in [9.17, 15) is 9.59 Å². The van der Waals surface area contributed by atoms with E-state index in [0.29, 0.717) is 50.9 Å². The van der Waals surface area contributed by atoms with Crippen LogP contribution in [0.1, 0.15) is 5.69 Å². The highest BCUT2D eigenvalue weighted by atomic mass is 35.5. The molecule has 0 saturated carbocycles. The minimum atomic E-state index is -0.0172. The van der Waals surface area contributed by atoms with Crippen LogP contribution >= 0.6 is 22.9 Å². The number of carbonyl (C=O) groups excluding carboxylic acids is 2. The van der Waals surface area contributed by atoms with Crippen LogP contribution in [-0.2, 0) is 20.7 Å². The number of aromatic nitrogens is 1. The second-order valence-electron chi connectivity index (χ2n) is 6.80. The van der Waals surface area contributed by atoms with Gasteiger partial charge in [0.05, 0.1) is 30.3 Å². The largest absolute Gasteiger partial charge is 0.383 e. The Morgan fingerprint density at radius 3 is 2.72 bits per heavy atom. The minimum Gasteiger partial charge on any atom is -0.383 e. The molecule has 2 aromatic rings. The molecular formula is C20H25ClN4O3S. The van der Waals surface area contributed by atoms with Crippen molar-refractivity contribution in [2.45, 2.75) is 6.42 Å². The summed E-state index contributed by atoms with van der Waals surface area (Å²) in [4.78, 5) is 33.0. The van der Waals surface area contributed by atoms with Crippen molar-refractivity contribution in [1.82, 2.24) is 20.1 Å². The van der Waals surface area contributed by atoms with E-state index >= 15 is 0 Å². The second-order valence-corrected chi connectivity index (χ2v) is 8.07. The molecule has 0 radical (unpaired) electrons. The number of hydrogen-bond acceptors (Lipinski definition) is 6. The topological polar surface area (TPSA) is 74.8 Å². The van der Waals surface area contributed by atoms with E-state index in [1.54, 1.807) is 7.11 Å². The van der Waals surface area contributed by atoms with E-state index in [0.717, 1.165) is 16.3 Å². The zero-order valence-corrected chi connectivity index (χ0v) is 18.0. The summed E-state index contributed by atoms with van der Waals surface area (Å²) in [5.41, 5.74) is 1.64. The molecule has 1 aliphatic rings. The van der Waals surface area contributed by atoms with Gasteiger partial charge in [-0.3, -0.25) is 14.5 Å². The molecule has 1 saturated heterocycles. The fourth-order valence-electron chi connectivity index (χ4n) is 3.12. The maximum absolute atomic E-state index is 12.6. The number of halogens is 1. The molecule has 1 N–H and O–H groups in total. The average molecular weight is 437 g/mol. The van der Waals surface area contributed by atoms with Crippen LogP contribution < -0.4 is 5.32 Å². The third-order valence-corrected chi connectivity index (χ3v) is 5.96. The monoisotopic (exact) mass is 436 g/mol. The lowest BCUT2D eigenvalue weighted by atomic mass is 10.2. The van der Waals surface area contributed by atoms with Crippen LogP contribution in [0.5, 0.6) is 0 Å². The first kappa shape index (κ1) is 21.7. The van der Waals surface area contributed by atoms with E-state index in [2.05, 4.69) is 15.2 Å². The number of hydrogen-bond donors (Lipinski definition) is 1. The zero-order chi connectivity index (χ0) is 20.6. The fourth-order valence-corrected chi connectivity index (χ4v) is 4.26. The molecule has 0 aliphatic carbocycles. The minimum absolute atomic E-state index is 0.0172. The molecule has 0 unspecified atom stereocenters. The third-order valence-electron chi connectivity index (χ3n) is 4.71. The lowest BCUT2D eigenvalue weighted by Gasteiger charge is -2.34. The summed E-state index contributed by atoms with van der Waals surface area (Å²) in [6.07, 6.45) is 0.276. The third kappa shape index (κ3) is 6.24. The normalized spacial score (nSPS) is 14.8. The highest BCUT2D eigenvalue weighted by Crippen LogP contribution is 2.30. The Kier molecular flexibility index (Phi) is 8.00. The number of thiazole rings is 1. The van der Waals surface area contributed by atoms with Crippen LogP contribution in [-0.4, -0.2) is 79.6 Å². The predicted octanol–water partition coefficient (Wildman–Crippen LogP) is 1.91. The average Bonchev–Trinajstić information content (AvgIpc) is 3.17. The maximum Gasteiger partial charge on any atom is 0.234 e. The predicted molar refractivity (Wildman–Crippen MR) is 114 cm³/mol. The van der Waals surface area contributed by atoms with Crippen molar-refractivity contribution in [2.75, 3.05) is 53.0 Å². The van der Waals surface area contributed by atoms with E-state index < -0.39 is 0 Å². The van der Waals surface area contributed by atoms with Gasteiger partial charge < -0.3 is 15.0 Å². The van der Waals surface area contributed by atoms with E-state index in [1.165, 1.54) is 11.3 Å². The van der Waals surface area contributed by atoms with Gasteiger partial charge in [0.25, 0.3) is 0 Å². The molecule has 7 nitrogen and oxygen atoms in total. The van der Waals surface area contributed by atoms with Gasteiger partial charge in [-0.15, -0.1) is 11.3 Å². The molecule has 29 heavy (non-hydrogen) atoms. The first-order valence-corrected chi connectivity index (χ1v) is 10.8. The first-order valence-electron chi connectivity index (χ1n) is 9.52. The summed E-state index contributed by atoms with van der Waals surface area (Å²) in [6, 6.07) is 7.56. The number of methoxy groups -OCH3 is 1. The summed E-state index contributed by atoms with van der Waals surface area (Å²) >= 11 is 7.73.